The summed E-state index contributed by atoms with van der Waals surface area (Å²) in [4.78, 5) is 0. The van der Waals surface area contributed by atoms with E-state index in [1.54, 1.807) is 0 Å². The minimum absolute atomic E-state index is 0.136. The Morgan fingerprint density at radius 2 is 2.29 bits per heavy atom. The fraction of sp³-hybridized carbons (Fsp3) is 0.909. The first-order chi connectivity index (χ1) is 6.90. The van der Waals surface area contributed by atoms with Crippen molar-refractivity contribution in [1.29, 1.82) is 5.26 Å². The molecule has 0 N–H and O–H groups in total. The number of rotatable bonds is 3. The van der Waals surface area contributed by atoms with E-state index in [4.69, 9.17) is 14.7 Å². The van der Waals surface area contributed by atoms with Crippen molar-refractivity contribution in [3.63, 3.8) is 0 Å². The van der Waals surface area contributed by atoms with E-state index in [1.807, 2.05) is 0 Å². The molecule has 3 nitrogen and oxygen atoms in total. The van der Waals surface area contributed by atoms with Gasteiger partial charge in [-0.15, -0.1) is 0 Å². The molecular formula is C11H17NO2. The zero-order valence-electron chi connectivity index (χ0n) is 8.45. The van der Waals surface area contributed by atoms with Gasteiger partial charge in [0.2, 0.25) is 0 Å². The smallest absolute Gasteiger partial charge is 0.0733 e. The van der Waals surface area contributed by atoms with E-state index in [9.17, 15) is 0 Å². The van der Waals surface area contributed by atoms with E-state index in [1.165, 1.54) is 0 Å². The quantitative estimate of drug-likeness (QED) is 0.688. The second-order valence-electron chi connectivity index (χ2n) is 4.27. The normalized spacial score (nSPS) is 37.2. The first-order valence-electron chi connectivity index (χ1n) is 5.49. The van der Waals surface area contributed by atoms with Gasteiger partial charge in [-0.1, -0.05) is 0 Å². The summed E-state index contributed by atoms with van der Waals surface area (Å²) in [6, 6.07) is 2.33. The molecule has 2 rings (SSSR count). The molecule has 3 unspecified atom stereocenters. The maximum Gasteiger partial charge on any atom is 0.0733 e. The lowest BCUT2D eigenvalue weighted by Gasteiger charge is -2.16. The van der Waals surface area contributed by atoms with Gasteiger partial charge in [0.15, 0.2) is 0 Å². The Morgan fingerprint density at radius 1 is 1.36 bits per heavy atom. The lowest BCUT2D eigenvalue weighted by atomic mass is 10.1. The molecular weight excluding hydrogens is 178 g/mol. The Labute approximate surface area is 85.0 Å². The summed E-state index contributed by atoms with van der Waals surface area (Å²) in [5.74, 6) is 0.701. The molecule has 1 saturated heterocycles. The van der Waals surface area contributed by atoms with Crippen LogP contribution in [-0.2, 0) is 9.47 Å². The average molecular weight is 195 g/mol. The van der Waals surface area contributed by atoms with Crippen LogP contribution in [0.15, 0.2) is 0 Å². The second-order valence-corrected chi connectivity index (χ2v) is 4.27. The maximum absolute atomic E-state index is 8.87. The van der Waals surface area contributed by atoms with Gasteiger partial charge in [0.05, 0.1) is 31.3 Å². The van der Waals surface area contributed by atoms with Gasteiger partial charge in [0, 0.05) is 12.5 Å². The van der Waals surface area contributed by atoms with Crippen molar-refractivity contribution in [1.82, 2.24) is 0 Å². The lowest BCUT2D eigenvalue weighted by Crippen LogP contribution is -2.21. The van der Waals surface area contributed by atoms with Crippen molar-refractivity contribution in [2.24, 2.45) is 11.8 Å². The molecule has 14 heavy (non-hydrogen) atoms. The van der Waals surface area contributed by atoms with Crippen LogP contribution in [0, 0.1) is 23.2 Å². The predicted molar refractivity (Wildman–Crippen MR) is 51.6 cm³/mol. The minimum Gasteiger partial charge on any atom is -0.381 e. The molecule has 0 bridgehead atoms. The third kappa shape index (κ3) is 2.26. The molecule has 0 aromatic rings. The molecule has 3 heteroatoms. The van der Waals surface area contributed by atoms with Gasteiger partial charge >= 0.3 is 0 Å². The summed E-state index contributed by atoms with van der Waals surface area (Å²) >= 11 is 0. The zero-order valence-corrected chi connectivity index (χ0v) is 8.45. The van der Waals surface area contributed by atoms with Gasteiger partial charge in [0.25, 0.3) is 0 Å². The van der Waals surface area contributed by atoms with Crippen molar-refractivity contribution in [3.05, 3.63) is 0 Å². The fourth-order valence-corrected chi connectivity index (χ4v) is 2.25. The van der Waals surface area contributed by atoms with E-state index >= 15 is 0 Å². The van der Waals surface area contributed by atoms with Crippen LogP contribution in [0.2, 0.25) is 0 Å². The number of ether oxygens (including phenoxy) is 2. The Balaban J connectivity index is 1.71. The van der Waals surface area contributed by atoms with Crippen LogP contribution in [0.1, 0.15) is 25.7 Å². The van der Waals surface area contributed by atoms with Crippen LogP contribution in [0.5, 0.6) is 0 Å². The molecule has 1 aliphatic heterocycles. The van der Waals surface area contributed by atoms with Crippen LogP contribution < -0.4 is 0 Å². The van der Waals surface area contributed by atoms with Gasteiger partial charge in [-0.05, 0) is 25.7 Å². The molecule has 0 radical (unpaired) electrons. The van der Waals surface area contributed by atoms with Crippen LogP contribution in [-0.4, -0.2) is 25.9 Å². The molecule has 3 atom stereocenters. The van der Waals surface area contributed by atoms with E-state index in [2.05, 4.69) is 6.07 Å². The molecule has 2 fully saturated rings. The molecule has 0 amide bonds. The minimum atomic E-state index is 0.136. The van der Waals surface area contributed by atoms with Crippen LogP contribution in [0.4, 0.5) is 0 Å². The van der Waals surface area contributed by atoms with E-state index < -0.39 is 0 Å². The van der Waals surface area contributed by atoms with Crippen LogP contribution >= 0.6 is 0 Å². The highest BCUT2D eigenvalue weighted by molar-refractivity contribution is 4.93. The van der Waals surface area contributed by atoms with Gasteiger partial charge in [-0.3, -0.25) is 0 Å². The van der Waals surface area contributed by atoms with Crippen molar-refractivity contribution >= 4 is 0 Å². The Morgan fingerprint density at radius 3 is 3.00 bits per heavy atom. The van der Waals surface area contributed by atoms with E-state index in [0.29, 0.717) is 5.92 Å². The van der Waals surface area contributed by atoms with Gasteiger partial charge in [0.1, 0.15) is 0 Å². The zero-order chi connectivity index (χ0) is 9.80. The van der Waals surface area contributed by atoms with Gasteiger partial charge in [-0.2, -0.15) is 5.26 Å². The topological polar surface area (TPSA) is 42.2 Å². The summed E-state index contributed by atoms with van der Waals surface area (Å²) in [6.07, 6.45) is 4.53. The summed E-state index contributed by atoms with van der Waals surface area (Å²) in [7, 11) is 0. The first kappa shape index (κ1) is 9.95. The molecule has 1 heterocycles. The molecule has 1 aliphatic carbocycles. The van der Waals surface area contributed by atoms with Crippen molar-refractivity contribution in [2.45, 2.75) is 31.8 Å². The Kier molecular flexibility index (Phi) is 3.39. The summed E-state index contributed by atoms with van der Waals surface area (Å²) in [5, 5.41) is 8.87. The first-order valence-corrected chi connectivity index (χ1v) is 5.49. The highest BCUT2D eigenvalue weighted by Gasteiger charge is 2.29. The number of nitriles is 1. The molecule has 2 aliphatic rings. The predicted octanol–water partition coefficient (Wildman–Crippen LogP) is 1.73. The maximum atomic E-state index is 8.87. The van der Waals surface area contributed by atoms with Crippen LogP contribution in [0.25, 0.3) is 0 Å². The van der Waals surface area contributed by atoms with E-state index in [-0.39, 0.29) is 12.0 Å². The Hall–Kier alpha value is -0.590. The monoisotopic (exact) mass is 195 g/mol. The Bertz CT molecular complexity index is 218. The average Bonchev–Trinajstić information content (AvgIpc) is 2.85. The van der Waals surface area contributed by atoms with Crippen molar-refractivity contribution in [3.8, 4) is 6.07 Å². The van der Waals surface area contributed by atoms with Crippen molar-refractivity contribution < 1.29 is 9.47 Å². The third-order valence-corrected chi connectivity index (χ3v) is 3.19. The van der Waals surface area contributed by atoms with E-state index in [0.717, 1.165) is 45.5 Å². The fourth-order valence-electron chi connectivity index (χ4n) is 2.25. The molecule has 0 aromatic heterocycles. The molecule has 0 aromatic carbocycles. The molecule has 0 spiro atoms. The SMILES string of the molecule is N#CC1CCCC1OCC1CCOC1. The summed E-state index contributed by atoms with van der Waals surface area (Å²) in [5.41, 5.74) is 0. The third-order valence-electron chi connectivity index (χ3n) is 3.19. The largest absolute Gasteiger partial charge is 0.381 e. The summed E-state index contributed by atoms with van der Waals surface area (Å²) in [6.45, 7) is 2.49. The molecule has 1 saturated carbocycles. The standard InChI is InChI=1S/C11H17NO2/c12-6-10-2-1-3-11(10)14-8-9-4-5-13-7-9/h9-11H,1-5,7-8H2. The summed E-state index contributed by atoms with van der Waals surface area (Å²) < 4.78 is 11.1. The highest BCUT2D eigenvalue weighted by Crippen LogP contribution is 2.28. The lowest BCUT2D eigenvalue weighted by molar-refractivity contribution is 0.0163. The number of nitrogens with zero attached hydrogens (tertiary/aromatic N) is 1. The van der Waals surface area contributed by atoms with Gasteiger partial charge < -0.3 is 9.47 Å². The van der Waals surface area contributed by atoms with Crippen molar-refractivity contribution in [2.75, 3.05) is 19.8 Å². The van der Waals surface area contributed by atoms with Crippen LogP contribution in [0.3, 0.4) is 0 Å². The molecule has 78 valence electrons. The number of hydrogen-bond acceptors (Lipinski definition) is 3. The highest BCUT2D eigenvalue weighted by atomic mass is 16.5. The number of hydrogen-bond donors (Lipinski definition) is 0. The van der Waals surface area contributed by atoms with Gasteiger partial charge in [-0.25, -0.2) is 0 Å². The second kappa shape index (κ2) is 4.77.